The van der Waals surface area contributed by atoms with Crippen molar-refractivity contribution in [1.29, 1.82) is 0 Å². The lowest BCUT2D eigenvalue weighted by molar-refractivity contribution is -0.129. The van der Waals surface area contributed by atoms with Crippen LogP contribution in [0.2, 0.25) is 0 Å². The van der Waals surface area contributed by atoms with E-state index in [1.165, 1.54) is 6.42 Å². The molecule has 0 aromatic heterocycles. The van der Waals surface area contributed by atoms with Gasteiger partial charge in [0.05, 0.1) is 5.75 Å². The number of carbonyl (C=O) groups excluding carboxylic acids is 1. The molecule has 1 fully saturated rings. The lowest BCUT2D eigenvalue weighted by Crippen LogP contribution is -2.35. The zero-order valence-corrected chi connectivity index (χ0v) is 7.81. The Kier molecular flexibility index (Phi) is 3.24. The van der Waals surface area contributed by atoms with Crippen LogP contribution in [0.1, 0.15) is 26.2 Å². The number of thiol groups is 1. The molecule has 11 heavy (non-hydrogen) atoms. The molecule has 0 aromatic rings. The summed E-state index contributed by atoms with van der Waals surface area (Å²) >= 11 is 3.98. The van der Waals surface area contributed by atoms with Gasteiger partial charge in [-0.1, -0.05) is 6.92 Å². The Labute approximate surface area is 73.4 Å². The summed E-state index contributed by atoms with van der Waals surface area (Å²) in [6, 6.07) is 0.495. The molecule has 3 heteroatoms. The first-order valence-electron chi connectivity index (χ1n) is 4.20. The van der Waals surface area contributed by atoms with Crippen LogP contribution >= 0.6 is 12.6 Å². The van der Waals surface area contributed by atoms with Crippen LogP contribution in [-0.4, -0.2) is 29.1 Å². The van der Waals surface area contributed by atoms with E-state index in [0.29, 0.717) is 11.8 Å². The molecule has 1 heterocycles. The van der Waals surface area contributed by atoms with Gasteiger partial charge in [0.1, 0.15) is 0 Å². The van der Waals surface area contributed by atoms with Crippen molar-refractivity contribution in [2.45, 2.75) is 32.2 Å². The number of hydrogen-bond acceptors (Lipinski definition) is 2. The second-order valence-corrected chi connectivity index (χ2v) is 3.27. The average Bonchev–Trinajstić information content (AvgIpc) is 2.50. The first-order chi connectivity index (χ1) is 5.29. The fourth-order valence-electron chi connectivity index (χ4n) is 1.68. The van der Waals surface area contributed by atoms with E-state index in [2.05, 4.69) is 19.6 Å². The number of amides is 1. The lowest BCUT2D eigenvalue weighted by Gasteiger charge is -2.22. The molecule has 1 unspecified atom stereocenters. The third kappa shape index (κ3) is 1.89. The molecule has 0 bridgehead atoms. The number of rotatable bonds is 2. The molecule has 1 atom stereocenters. The van der Waals surface area contributed by atoms with Gasteiger partial charge in [0.2, 0.25) is 5.91 Å². The monoisotopic (exact) mass is 173 g/mol. The van der Waals surface area contributed by atoms with E-state index in [0.717, 1.165) is 19.4 Å². The van der Waals surface area contributed by atoms with Gasteiger partial charge in [-0.25, -0.2) is 0 Å². The highest BCUT2D eigenvalue weighted by molar-refractivity contribution is 7.81. The zero-order valence-electron chi connectivity index (χ0n) is 6.92. The first-order valence-corrected chi connectivity index (χ1v) is 4.83. The van der Waals surface area contributed by atoms with Crippen molar-refractivity contribution < 1.29 is 4.79 Å². The lowest BCUT2D eigenvalue weighted by atomic mass is 10.2. The minimum absolute atomic E-state index is 0.192. The van der Waals surface area contributed by atoms with Crippen molar-refractivity contribution >= 4 is 18.5 Å². The third-order valence-corrected chi connectivity index (χ3v) is 2.57. The standard InChI is InChI=1S/C8H15NOS/c1-2-7-4-3-5-9(7)8(10)6-11/h7,11H,2-6H2,1H3. The minimum Gasteiger partial charge on any atom is -0.339 e. The smallest absolute Gasteiger partial charge is 0.232 e. The highest BCUT2D eigenvalue weighted by Crippen LogP contribution is 2.19. The molecule has 0 spiro atoms. The van der Waals surface area contributed by atoms with Crippen molar-refractivity contribution in [3.05, 3.63) is 0 Å². The molecule has 1 aliphatic heterocycles. The molecule has 0 N–H and O–H groups in total. The van der Waals surface area contributed by atoms with E-state index in [4.69, 9.17) is 0 Å². The second kappa shape index (κ2) is 4.00. The topological polar surface area (TPSA) is 20.3 Å². The highest BCUT2D eigenvalue weighted by Gasteiger charge is 2.25. The molecular weight excluding hydrogens is 158 g/mol. The van der Waals surface area contributed by atoms with E-state index in [9.17, 15) is 4.79 Å². The van der Waals surface area contributed by atoms with Crippen molar-refractivity contribution in [2.24, 2.45) is 0 Å². The van der Waals surface area contributed by atoms with Crippen LogP contribution in [0, 0.1) is 0 Å². The maximum absolute atomic E-state index is 11.2. The number of likely N-dealkylation sites (tertiary alicyclic amines) is 1. The van der Waals surface area contributed by atoms with Crippen molar-refractivity contribution in [2.75, 3.05) is 12.3 Å². The fraction of sp³-hybridized carbons (Fsp3) is 0.875. The molecule has 1 saturated heterocycles. The molecule has 1 rings (SSSR count). The Bertz CT molecular complexity index is 149. The molecule has 0 saturated carbocycles. The van der Waals surface area contributed by atoms with Crippen LogP contribution in [0.3, 0.4) is 0 Å². The summed E-state index contributed by atoms with van der Waals surface area (Å²) in [4.78, 5) is 13.2. The molecule has 64 valence electrons. The predicted molar refractivity (Wildman–Crippen MR) is 48.9 cm³/mol. The van der Waals surface area contributed by atoms with Crippen molar-refractivity contribution in [3.8, 4) is 0 Å². The molecule has 0 radical (unpaired) electrons. The summed E-state index contributed by atoms with van der Waals surface area (Å²) in [5, 5.41) is 0. The quantitative estimate of drug-likeness (QED) is 0.624. The van der Waals surface area contributed by atoms with Gasteiger partial charge < -0.3 is 4.90 Å². The molecule has 0 aromatic carbocycles. The van der Waals surface area contributed by atoms with E-state index < -0.39 is 0 Å². The summed E-state index contributed by atoms with van der Waals surface area (Å²) in [6.07, 6.45) is 3.42. The molecule has 1 aliphatic rings. The van der Waals surface area contributed by atoms with Crippen molar-refractivity contribution in [1.82, 2.24) is 4.90 Å². The van der Waals surface area contributed by atoms with E-state index >= 15 is 0 Å². The third-order valence-electron chi connectivity index (χ3n) is 2.30. The number of nitrogens with zero attached hydrogens (tertiary/aromatic N) is 1. The van der Waals surface area contributed by atoms with E-state index in [-0.39, 0.29) is 5.91 Å². The van der Waals surface area contributed by atoms with Crippen LogP contribution in [0.15, 0.2) is 0 Å². The summed E-state index contributed by atoms with van der Waals surface area (Å²) in [5.74, 6) is 0.550. The summed E-state index contributed by atoms with van der Waals surface area (Å²) in [7, 11) is 0. The van der Waals surface area contributed by atoms with Crippen LogP contribution < -0.4 is 0 Å². The zero-order chi connectivity index (χ0) is 8.27. The van der Waals surface area contributed by atoms with Crippen LogP contribution in [0.5, 0.6) is 0 Å². The Morgan fingerprint density at radius 3 is 3.00 bits per heavy atom. The van der Waals surface area contributed by atoms with Gasteiger partial charge in [-0.05, 0) is 19.3 Å². The first kappa shape index (κ1) is 8.91. The summed E-state index contributed by atoms with van der Waals surface area (Å²) < 4.78 is 0. The minimum atomic E-state index is 0.192. The van der Waals surface area contributed by atoms with Gasteiger partial charge >= 0.3 is 0 Å². The second-order valence-electron chi connectivity index (χ2n) is 2.95. The van der Waals surface area contributed by atoms with Gasteiger partial charge in [0.15, 0.2) is 0 Å². The largest absolute Gasteiger partial charge is 0.339 e. The summed E-state index contributed by atoms with van der Waals surface area (Å²) in [5.41, 5.74) is 0. The van der Waals surface area contributed by atoms with Gasteiger partial charge in [-0.2, -0.15) is 12.6 Å². The van der Waals surface area contributed by atoms with Crippen LogP contribution in [-0.2, 0) is 4.79 Å². The normalized spacial score (nSPS) is 24.2. The van der Waals surface area contributed by atoms with Gasteiger partial charge in [0.25, 0.3) is 0 Å². The summed E-state index contributed by atoms with van der Waals surface area (Å²) in [6.45, 7) is 3.08. The van der Waals surface area contributed by atoms with Gasteiger partial charge in [-0.15, -0.1) is 0 Å². The highest BCUT2D eigenvalue weighted by atomic mass is 32.1. The number of carbonyl (C=O) groups is 1. The maximum atomic E-state index is 11.2. The Morgan fingerprint density at radius 1 is 1.73 bits per heavy atom. The van der Waals surface area contributed by atoms with Crippen molar-refractivity contribution in [3.63, 3.8) is 0 Å². The van der Waals surface area contributed by atoms with E-state index in [1.54, 1.807) is 0 Å². The average molecular weight is 173 g/mol. The Balaban J connectivity index is 2.49. The Morgan fingerprint density at radius 2 is 2.45 bits per heavy atom. The van der Waals surface area contributed by atoms with Gasteiger partial charge in [-0.3, -0.25) is 4.79 Å². The fourth-order valence-corrected chi connectivity index (χ4v) is 1.86. The Hall–Kier alpha value is -0.180. The van der Waals surface area contributed by atoms with E-state index in [1.807, 2.05) is 4.90 Å². The molecule has 0 aliphatic carbocycles. The SMILES string of the molecule is CCC1CCCN1C(=O)CS. The molecule has 1 amide bonds. The van der Waals surface area contributed by atoms with Crippen LogP contribution in [0.25, 0.3) is 0 Å². The maximum Gasteiger partial charge on any atom is 0.232 e. The predicted octanol–water partition coefficient (Wildman–Crippen LogP) is 1.32. The van der Waals surface area contributed by atoms with Crippen LogP contribution in [0.4, 0.5) is 0 Å². The number of hydrogen-bond donors (Lipinski definition) is 1. The molecule has 2 nitrogen and oxygen atoms in total. The van der Waals surface area contributed by atoms with Gasteiger partial charge in [0, 0.05) is 12.6 Å². The molecular formula is C8H15NOS.